The Morgan fingerprint density at radius 1 is 1.12 bits per heavy atom. The van der Waals surface area contributed by atoms with Crippen molar-refractivity contribution in [3.63, 3.8) is 0 Å². The summed E-state index contributed by atoms with van der Waals surface area (Å²) < 4.78 is 0. The van der Waals surface area contributed by atoms with Crippen LogP contribution in [0.4, 0.5) is 0 Å². The van der Waals surface area contributed by atoms with Crippen molar-refractivity contribution in [1.29, 1.82) is 0 Å². The summed E-state index contributed by atoms with van der Waals surface area (Å²) >= 11 is 3.81. The molecule has 0 bridgehead atoms. The normalized spacial score (nSPS) is 25.1. The molecular weight excluding hydrogens is 140 g/mol. The monoisotopic (exact) mass is 150 g/mol. The molecule has 4 heteroatoms. The van der Waals surface area contributed by atoms with Gasteiger partial charge in [-0.3, -0.25) is 5.84 Å². The molecule has 1 fully saturated rings. The molecule has 0 spiro atoms. The second-order valence-corrected chi connectivity index (χ2v) is 3.81. The van der Waals surface area contributed by atoms with E-state index < -0.39 is 0 Å². The van der Waals surface area contributed by atoms with Crippen molar-refractivity contribution in [1.82, 2.24) is 5.01 Å². The largest absolute Gasteiger partial charge is 0.267 e. The number of hydrogen-bond acceptors (Lipinski definition) is 4. The first-order chi connectivity index (χ1) is 3.89. The highest BCUT2D eigenvalue weighted by atomic mass is 32.2. The van der Waals surface area contributed by atoms with Crippen LogP contribution >= 0.6 is 23.5 Å². The van der Waals surface area contributed by atoms with Crippen LogP contribution in [0.25, 0.3) is 0 Å². The molecule has 0 aromatic rings. The van der Waals surface area contributed by atoms with Crippen LogP contribution in [0.2, 0.25) is 0 Å². The summed E-state index contributed by atoms with van der Waals surface area (Å²) in [5.41, 5.74) is 0. The van der Waals surface area contributed by atoms with Crippen LogP contribution in [0.3, 0.4) is 0 Å². The molecule has 0 radical (unpaired) electrons. The number of nitrogens with zero attached hydrogens (tertiary/aromatic N) is 1. The van der Waals surface area contributed by atoms with Crippen LogP contribution in [0.1, 0.15) is 0 Å². The molecule has 0 unspecified atom stereocenters. The van der Waals surface area contributed by atoms with E-state index in [1.54, 1.807) is 0 Å². The molecule has 0 aromatic heterocycles. The minimum atomic E-state index is 0.993. The number of rotatable bonds is 0. The molecule has 48 valence electrons. The summed E-state index contributed by atoms with van der Waals surface area (Å²) in [6.07, 6.45) is 0. The molecule has 1 rings (SSSR count). The highest BCUT2D eigenvalue weighted by Gasteiger charge is 2.02. The second kappa shape index (κ2) is 3.61. The maximum Gasteiger partial charge on any atom is 0.0594 e. The Morgan fingerprint density at radius 3 is 2.12 bits per heavy atom. The lowest BCUT2D eigenvalue weighted by Crippen LogP contribution is -2.28. The van der Waals surface area contributed by atoms with Gasteiger partial charge in [-0.1, -0.05) is 0 Å². The minimum absolute atomic E-state index is 0.993. The Balaban J connectivity index is 2.17. The molecule has 0 amide bonds. The topological polar surface area (TPSA) is 29.3 Å². The average Bonchev–Trinajstić information content (AvgIpc) is 1.94. The first-order valence-electron chi connectivity index (χ1n) is 2.55. The van der Waals surface area contributed by atoms with Crippen molar-refractivity contribution < 1.29 is 0 Å². The van der Waals surface area contributed by atoms with Gasteiger partial charge in [0, 0.05) is 11.5 Å². The summed E-state index contributed by atoms with van der Waals surface area (Å²) in [6.45, 7) is 0. The van der Waals surface area contributed by atoms with E-state index in [1.807, 2.05) is 28.5 Å². The van der Waals surface area contributed by atoms with Gasteiger partial charge in [0.2, 0.25) is 0 Å². The van der Waals surface area contributed by atoms with Crippen molar-refractivity contribution in [2.75, 3.05) is 23.3 Å². The third-order valence-corrected chi connectivity index (χ3v) is 3.16. The van der Waals surface area contributed by atoms with Crippen LogP contribution in [-0.2, 0) is 0 Å². The molecule has 1 heterocycles. The SMILES string of the molecule is NN1CSCCSC1. The third kappa shape index (κ3) is 2.26. The first kappa shape index (κ1) is 6.74. The molecule has 1 aliphatic rings. The number of hydrazine groups is 1. The molecule has 8 heavy (non-hydrogen) atoms. The van der Waals surface area contributed by atoms with Gasteiger partial charge in [-0.15, -0.1) is 23.5 Å². The van der Waals surface area contributed by atoms with Crippen LogP contribution in [0, 0.1) is 0 Å². The Labute approximate surface area is 58.1 Å². The smallest absolute Gasteiger partial charge is 0.0594 e. The van der Waals surface area contributed by atoms with E-state index in [1.165, 1.54) is 11.5 Å². The maximum absolute atomic E-state index is 5.53. The molecule has 0 saturated carbocycles. The number of hydrogen-bond donors (Lipinski definition) is 1. The highest BCUT2D eigenvalue weighted by molar-refractivity contribution is 8.03. The number of thioether (sulfide) groups is 2. The molecular formula is C4H10N2S2. The van der Waals surface area contributed by atoms with Crippen LogP contribution in [-0.4, -0.2) is 28.3 Å². The Hall–Kier alpha value is 0.620. The van der Waals surface area contributed by atoms with Crippen molar-refractivity contribution in [2.24, 2.45) is 5.84 Å². The van der Waals surface area contributed by atoms with Crippen LogP contribution in [0.15, 0.2) is 0 Å². The molecule has 0 atom stereocenters. The maximum atomic E-state index is 5.53. The van der Waals surface area contributed by atoms with Crippen LogP contribution < -0.4 is 5.84 Å². The predicted molar refractivity (Wildman–Crippen MR) is 40.7 cm³/mol. The van der Waals surface area contributed by atoms with E-state index in [4.69, 9.17) is 5.84 Å². The fourth-order valence-corrected chi connectivity index (χ4v) is 2.49. The zero-order valence-electron chi connectivity index (χ0n) is 4.67. The summed E-state index contributed by atoms with van der Waals surface area (Å²) in [4.78, 5) is 0. The zero-order valence-corrected chi connectivity index (χ0v) is 6.30. The van der Waals surface area contributed by atoms with E-state index in [-0.39, 0.29) is 0 Å². The van der Waals surface area contributed by atoms with Gasteiger partial charge < -0.3 is 0 Å². The lowest BCUT2D eigenvalue weighted by Gasteiger charge is -2.09. The lowest BCUT2D eigenvalue weighted by molar-refractivity contribution is 0.399. The lowest BCUT2D eigenvalue weighted by atomic mass is 11.0. The van der Waals surface area contributed by atoms with E-state index in [0.29, 0.717) is 0 Å². The van der Waals surface area contributed by atoms with Gasteiger partial charge in [0.25, 0.3) is 0 Å². The van der Waals surface area contributed by atoms with Crippen molar-refractivity contribution in [2.45, 2.75) is 0 Å². The summed E-state index contributed by atoms with van der Waals surface area (Å²) in [5, 5.41) is 1.85. The van der Waals surface area contributed by atoms with E-state index in [0.717, 1.165) is 11.8 Å². The van der Waals surface area contributed by atoms with Crippen molar-refractivity contribution in [3.8, 4) is 0 Å². The fraction of sp³-hybridized carbons (Fsp3) is 1.00. The highest BCUT2D eigenvalue weighted by Crippen LogP contribution is 2.13. The van der Waals surface area contributed by atoms with Crippen molar-refractivity contribution in [3.05, 3.63) is 0 Å². The Bertz CT molecular complexity index is 61.1. The fourth-order valence-electron chi connectivity index (χ4n) is 0.519. The minimum Gasteiger partial charge on any atom is -0.267 e. The third-order valence-electron chi connectivity index (χ3n) is 0.886. The average molecular weight is 150 g/mol. The van der Waals surface area contributed by atoms with E-state index in [2.05, 4.69) is 0 Å². The molecule has 2 N–H and O–H groups in total. The molecule has 1 saturated heterocycles. The summed E-state index contributed by atoms with van der Waals surface area (Å²) in [7, 11) is 0. The Kier molecular flexibility index (Phi) is 3.04. The van der Waals surface area contributed by atoms with Gasteiger partial charge >= 0.3 is 0 Å². The van der Waals surface area contributed by atoms with Gasteiger partial charge in [-0.2, -0.15) is 0 Å². The quantitative estimate of drug-likeness (QED) is 0.511. The van der Waals surface area contributed by atoms with E-state index >= 15 is 0 Å². The molecule has 1 aliphatic heterocycles. The van der Waals surface area contributed by atoms with Gasteiger partial charge in [0.1, 0.15) is 0 Å². The zero-order chi connectivity index (χ0) is 5.82. The summed E-state index contributed by atoms with van der Waals surface area (Å²) in [6, 6.07) is 0. The van der Waals surface area contributed by atoms with Gasteiger partial charge in [0.05, 0.1) is 11.8 Å². The molecule has 2 nitrogen and oxygen atoms in total. The second-order valence-electron chi connectivity index (χ2n) is 1.66. The predicted octanol–water partition coefficient (Wildman–Crippen LogP) is 0.557. The number of nitrogens with two attached hydrogens (primary N) is 1. The molecule has 0 aromatic carbocycles. The van der Waals surface area contributed by atoms with E-state index in [9.17, 15) is 0 Å². The Morgan fingerprint density at radius 2 is 1.62 bits per heavy atom. The summed E-state index contributed by atoms with van der Waals surface area (Å²) in [5.74, 6) is 10.0. The molecule has 0 aliphatic carbocycles. The van der Waals surface area contributed by atoms with Crippen LogP contribution in [0.5, 0.6) is 0 Å². The van der Waals surface area contributed by atoms with Gasteiger partial charge in [-0.05, 0) is 0 Å². The standard InChI is InChI=1S/C4H10N2S2/c5-6-3-7-1-2-8-4-6/h1-5H2. The van der Waals surface area contributed by atoms with Gasteiger partial charge in [0.15, 0.2) is 0 Å². The van der Waals surface area contributed by atoms with Gasteiger partial charge in [-0.25, -0.2) is 5.01 Å². The first-order valence-corrected chi connectivity index (χ1v) is 4.85. The van der Waals surface area contributed by atoms with Crippen molar-refractivity contribution >= 4 is 23.5 Å².